The van der Waals surface area contributed by atoms with Crippen molar-refractivity contribution in [1.29, 1.82) is 0 Å². The highest BCUT2D eigenvalue weighted by Crippen LogP contribution is 2.37. The van der Waals surface area contributed by atoms with Gasteiger partial charge in [-0.05, 0) is 56.2 Å². The third kappa shape index (κ3) is 3.41. The van der Waals surface area contributed by atoms with Gasteiger partial charge in [-0.25, -0.2) is 0 Å². The summed E-state index contributed by atoms with van der Waals surface area (Å²) in [6.07, 6.45) is 6.60. The second kappa shape index (κ2) is 7.47. The first-order chi connectivity index (χ1) is 12.7. The predicted molar refractivity (Wildman–Crippen MR) is 101 cm³/mol. The molecule has 142 valence electrons. The summed E-state index contributed by atoms with van der Waals surface area (Å²) < 4.78 is 10.9. The number of carbonyl (C=O) groups is 1. The van der Waals surface area contributed by atoms with Gasteiger partial charge in [0.1, 0.15) is 0 Å². The van der Waals surface area contributed by atoms with Crippen LogP contribution in [0.3, 0.4) is 0 Å². The Hall–Kier alpha value is -1.75. The van der Waals surface area contributed by atoms with E-state index < -0.39 is 0 Å². The molecule has 1 aromatic carbocycles. The lowest BCUT2D eigenvalue weighted by Crippen LogP contribution is -2.42. The van der Waals surface area contributed by atoms with Crippen molar-refractivity contribution in [3.05, 3.63) is 23.8 Å². The van der Waals surface area contributed by atoms with Gasteiger partial charge in [-0.2, -0.15) is 0 Å². The highest BCUT2D eigenvalue weighted by Gasteiger charge is 2.41. The highest BCUT2D eigenvalue weighted by molar-refractivity contribution is 5.98. The van der Waals surface area contributed by atoms with Gasteiger partial charge in [0.05, 0.1) is 19.8 Å². The van der Waals surface area contributed by atoms with Gasteiger partial charge in [0.2, 0.25) is 0 Å². The number of fused-ring (bicyclic) bond motifs is 1. The van der Waals surface area contributed by atoms with E-state index in [4.69, 9.17) is 9.47 Å². The van der Waals surface area contributed by atoms with E-state index in [-0.39, 0.29) is 5.91 Å². The molecular formula is C21H30N2O3. The van der Waals surface area contributed by atoms with Gasteiger partial charge >= 0.3 is 0 Å². The molecule has 0 spiro atoms. The van der Waals surface area contributed by atoms with E-state index in [1.54, 1.807) is 14.2 Å². The molecule has 26 heavy (non-hydrogen) atoms. The summed E-state index contributed by atoms with van der Waals surface area (Å²) in [4.78, 5) is 18.0. The van der Waals surface area contributed by atoms with Crippen molar-refractivity contribution in [1.82, 2.24) is 9.80 Å². The van der Waals surface area contributed by atoms with Crippen LogP contribution in [-0.2, 0) is 0 Å². The van der Waals surface area contributed by atoms with Crippen LogP contribution in [0.4, 0.5) is 0 Å². The third-order valence-corrected chi connectivity index (χ3v) is 6.26. The molecule has 1 saturated carbocycles. The van der Waals surface area contributed by atoms with Gasteiger partial charge < -0.3 is 14.4 Å². The van der Waals surface area contributed by atoms with E-state index >= 15 is 0 Å². The third-order valence-electron chi connectivity index (χ3n) is 6.26. The lowest BCUT2D eigenvalue weighted by atomic mass is 9.98. The minimum absolute atomic E-state index is 0.0696. The number of ether oxygens (including phenoxy) is 2. The van der Waals surface area contributed by atoms with Crippen LogP contribution < -0.4 is 9.47 Å². The van der Waals surface area contributed by atoms with Crippen LogP contribution in [0.15, 0.2) is 18.2 Å². The quantitative estimate of drug-likeness (QED) is 0.811. The number of hydrogen-bond donors (Lipinski definition) is 0. The monoisotopic (exact) mass is 358 g/mol. The summed E-state index contributed by atoms with van der Waals surface area (Å²) in [5.41, 5.74) is 0.608. The molecule has 3 fully saturated rings. The van der Waals surface area contributed by atoms with Gasteiger partial charge in [0.25, 0.3) is 5.91 Å². The predicted octanol–water partition coefficient (Wildman–Crippen LogP) is 3.04. The van der Waals surface area contributed by atoms with E-state index in [0.29, 0.717) is 29.0 Å². The topological polar surface area (TPSA) is 42.0 Å². The first-order valence-electron chi connectivity index (χ1n) is 9.95. The standard InChI is InChI=1S/C21H30N2O3/c1-25-19-8-5-7-17(20(19)26-2)21(24)23-13-16-6-3-4-11-22(18(16)14-23)12-15-9-10-15/h5,7-8,15-16,18H,3-4,6,9-14H2,1-2H3/t16-,18+/m0/s1. The molecule has 1 amide bonds. The van der Waals surface area contributed by atoms with E-state index in [9.17, 15) is 4.79 Å². The molecule has 0 unspecified atom stereocenters. The Balaban J connectivity index is 1.53. The maximum Gasteiger partial charge on any atom is 0.257 e. The van der Waals surface area contributed by atoms with Crippen LogP contribution in [0.2, 0.25) is 0 Å². The van der Waals surface area contributed by atoms with Gasteiger partial charge in [-0.1, -0.05) is 12.5 Å². The molecule has 2 atom stereocenters. The molecular weight excluding hydrogens is 328 g/mol. The smallest absolute Gasteiger partial charge is 0.257 e. The Morgan fingerprint density at radius 1 is 1.12 bits per heavy atom. The van der Waals surface area contributed by atoms with Crippen molar-refractivity contribution in [3.63, 3.8) is 0 Å². The van der Waals surface area contributed by atoms with Gasteiger partial charge in [0.15, 0.2) is 11.5 Å². The summed E-state index contributed by atoms with van der Waals surface area (Å²) in [7, 11) is 3.20. The number of para-hydroxylation sites is 1. The summed E-state index contributed by atoms with van der Waals surface area (Å²) in [5.74, 6) is 2.73. The van der Waals surface area contributed by atoms with Crippen molar-refractivity contribution < 1.29 is 14.3 Å². The van der Waals surface area contributed by atoms with E-state index in [2.05, 4.69) is 4.90 Å². The zero-order valence-electron chi connectivity index (χ0n) is 15.9. The highest BCUT2D eigenvalue weighted by atomic mass is 16.5. The number of carbonyl (C=O) groups excluding carboxylic acids is 1. The molecule has 2 aliphatic heterocycles. The van der Waals surface area contributed by atoms with E-state index in [1.807, 2.05) is 23.1 Å². The lowest BCUT2D eigenvalue weighted by Gasteiger charge is -2.30. The zero-order chi connectivity index (χ0) is 18.1. The summed E-state index contributed by atoms with van der Waals surface area (Å²) in [5, 5.41) is 0. The molecule has 0 bridgehead atoms. The molecule has 2 heterocycles. The lowest BCUT2D eigenvalue weighted by molar-refractivity contribution is 0.0769. The molecule has 5 heteroatoms. The first kappa shape index (κ1) is 17.7. The largest absolute Gasteiger partial charge is 0.493 e. The Morgan fingerprint density at radius 2 is 1.96 bits per heavy atom. The van der Waals surface area contributed by atoms with Crippen molar-refractivity contribution in [3.8, 4) is 11.5 Å². The van der Waals surface area contributed by atoms with Crippen LogP contribution in [0.1, 0.15) is 42.5 Å². The second-order valence-electron chi connectivity index (χ2n) is 8.01. The van der Waals surface area contributed by atoms with Crippen molar-refractivity contribution in [2.45, 2.75) is 38.1 Å². The molecule has 0 radical (unpaired) electrons. The fraction of sp³-hybridized carbons (Fsp3) is 0.667. The number of nitrogens with zero attached hydrogens (tertiary/aromatic N) is 2. The molecule has 1 aromatic rings. The Labute approximate surface area is 156 Å². The number of hydrogen-bond acceptors (Lipinski definition) is 4. The van der Waals surface area contributed by atoms with Crippen LogP contribution in [0.5, 0.6) is 11.5 Å². The SMILES string of the molecule is COc1cccc(C(=O)N2C[C@@H]3CCCCN(CC4CC4)[C@@H]3C2)c1OC. The van der Waals surface area contributed by atoms with Crippen molar-refractivity contribution in [2.75, 3.05) is 40.4 Å². The van der Waals surface area contributed by atoms with Crippen LogP contribution >= 0.6 is 0 Å². The average molecular weight is 358 g/mol. The molecule has 2 saturated heterocycles. The fourth-order valence-electron chi connectivity index (χ4n) is 4.69. The minimum Gasteiger partial charge on any atom is -0.493 e. The molecule has 5 nitrogen and oxygen atoms in total. The Bertz CT molecular complexity index is 659. The molecule has 3 aliphatic rings. The maximum absolute atomic E-state index is 13.2. The van der Waals surface area contributed by atoms with E-state index in [1.165, 1.54) is 45.2 Å². The van der Waals surface area contributed by atoms with E-state index in [0.717, 1.165) is 19.0 Å². The number of amides is 1. The minimum atomic E-state index is 0.0696. The van der Waals surface area contributed by atoms with Gasteiger partial charge in [-0.3, -0.25) is 9.69 Å². The maximum atomic E-state index is 13.2. The molecule has 0 aromatic heterocycles. The average Bonchev–Trinajstić information content (AvgIpc) is 3.43. The van der Waals surface area contributed by atoms with Gasteiger partial charge in [0, 0.05) is 25.7 Å². The Morgan fingerprint density at radius 3 is 2.69 bits per heavy atom. The molecule has 1 aliphatic carbocycles. The van der Waals surface area contributed by atoms with Gasteiger partial charge in [-0.15, -0.1) is 0 Å². The zero-order valence-corrected chi connectivity index (χ0v) is 15.9. The number of methoxy groups -OCH3 is 2. The summed E-state index contributed by atoms with van der Waals surface area (Å²) >= 11 is 0. The normalized spacial score (nSPS) is 26.3. The van der Waals surface area contributed by atoms with Crippen LogP contribution in [0, 0.1) is 11.8 Å². The van der Waals surface area contributed by atoms with Crippen molar-refractivity contribution in [2.24, 2.45) is 11.8 Å². The van der Waals surface area contributed by atoms with Crippen LogP contribution in [-0.4, -0.2) is 62.1 Å². The van der Waals surface area contributed by atoms with Crippen LogP contribution in [0.25, 0.3) is 0 Å². The molecule has 0 N–H and O–H groups in total. The first-order valence-corrected chi connectivity index (χ1v) is 9.95. The van der Waals surface area contributed by atoms with Crippen molar-refractivity contribution >= 4 is 5.91 Å². The number of likely N-dealkylation sites (tertiary alicyclic amines) is 2. The Kier molecular flexibility index (Phi) is 5.07. The summed E-state index contributed by atoms with van der Waals surface area (Å²) in [6.45, 7) is 4.13. The molecule has 4 rings (SSSR count). The fourth-order valence-corrected chi connectivity index (χ4v) is 4.69. The number of rotatable bonds is 5. The second-order valence-corrected chi connectivity index (χ2v) is 8.01. The summed E-state index contributed by atoms with van der Waals surface area (Å²) in [6, 6.07) is 6.07. The number of benzene rings is 1.